The van der Waals surface area contributed by atoms with Crippen LogP contribution in [0.2, 0.25) is 15.2 Å². The molecule has 1 N–H and O–H groups in total. The van der Waals surface area contributed by atoms with Crippen molar-refractivity contribution in [2.75, 3.05) is 11.9 Å². The molecule has 1 heterocycles. The fourth-order valence-electron chi connectivity index (χ4n) is 2.03. The van der Waals surface area contributed by atoms with Crippen LogP contribution in [0, 0.1) is 13.8 Å². The van der Waals surface area contributed by atoms with Gasteiger partial charge < -0.3 is 10.1 Å². The summed E-state index contributed by atoms with van der Waals surface area (Å²) >= 11 is 17.8. The molecular weight excluding hydrogens is 375 g/mol. The maximum absolute atomic E-state index is 12.1. The fourth-order valence-corrected chi connectivity index (χ4v) is 2.73. The van der Waals surface area contributed by atoms with Crippen LogP contribution in [0.5, 0.6) is 0 Å². The minimum atomic E-state index is -0.725. The number of ether oxygens (including phenoxy) is 1. The lowest BCUT2D eigenvalue weighted by molar-refractivity contribution is -0.119. The SMILES string of the molecule is Cc1cc(C)c(C(=O)OCC(=O)Nc2cccc(Cl)c2Cl)c(Cl)n1. The third kappa shape index (κ3) is 4.38. The molecule has 0 aliphatic rings. The minimum absolute atomic E-state index is 0.0378. The number of esters is 1. The molecule has 1 aromatic carbocycles. The molecule has 0 radical (unpaired) electrons. The van der Waals surface area contributed by atoms with E-state index in [0.717, 1.165) is 0 Å². The lowest BCUT2D eigenvalue weighted by Crippen LogP contribution is -2.21. The number of anilines is 1. The van der Waals surface area contributed by atoms with Crippen LogP contribution in [0.15, 0.2) is 24.3 Å². The highest BCUT2D eigenvalue weighted by Gasteiger charge is 2.18. The van der Waals surface area contributed by atoms with Gasteiger partial charge in [-0.25, -0.2) is 9.78 Å². The second kappa shape index (κ2) is 7.83. The Morgan fingerprint density at radius 2 is 1.92 bits per heavy atom. The van der Waals surface area contributed by atoms with Crippen LogP contribution in [-0.4, -0.2) is 23.5 Å². The molecule has 0 aliphatic carbocycles. The average molecular weight is 388 g/mol. The Balaban J connectivity index is 2.02. The maximum Gasteiger partial charge on any atom is 0.342 e. The van der Waals surface area contributed by atoms with Gasteiger partial charge in [-0.15, -0.1) is 0 Å². The molecular formula is C16H13Cl3N2O3. The van der Waals surface area contributed by atoms with Crippen molar-refractivity contribution in [3.05, 3.63) is 56.3 Å². The smallest absolute Gasteiger partial charge is 0.342 e. The van der Waals surface area contributed by atoms with Crippen LogP contribution < -0.4 is 5.32 Å². The first-order valence-corrected chi connectivity index (χ1v) is 7.97. The Morgan fingerprint density at radius 3 is 2.58 bits per heavy atom. The van der Waals surface area contributed by atoms with Gasteiger partial charge in [0.05, 0.1) is 21.3 Å². The van der Waals surface area contributed by atoms with Crippen LogP contribution in [0.25, 0.3) is 0 Å². The molecule has 2 aromatic rings. The first-order valence-electron chi connectivity index (χ1n) is 6.84. The van der Waals surface area contributed by atoms with Crippen LogP contribution in [0.4, 0.5) is 5.69 Å². The van der Waals surface area contributed by atoms with Gasteiger partial charge in [0.15, 0.2) is 6.61 Å². The number of benzene rings is 1. The predicted molar refractivity (Wildman–Crippen MR) is 94.1 cm³/mol. The number of nitrogens with zero attached hydrogens (tertiary/aromatic N) is 1. The number of rotatable bonds is 4. The average Bonchev–Trinajstić information content (AvgIpc) is 2.49. The second-order valence-corrected chi connectivity index (χ2v) is 6.12. The van der Waals surface area contributed by atoms with Crippen molar-refractivity contribution in [3.8, 4) is 0 Å². The van der Waals surface area contributed by atoms with E-state index < -0.39 is 18.5 Å². The zero-order valence-corrected chi connectivity index (χ0v) is 15.1. The maximum atomic E-state index is 12.1. The normalized spacial score (nSPS) is 10.4. The van der Waals surface area contributed by atoms with Crippen molar-refractivity contribution in [2.45, 2.75) is 13.8 Å². The number of nitrogens with one attached hydrogen (secondary N) is 1. The summed E-state index contributed by atoms with van der Waals surface area (Å²) in [5.74, 6) is -1.28. The predicted octanol–water partition coefficient (Wildman–Crippen LogP) is 4.45. The fraction of sp³-hybridized carbons (Fsp3) is 0.188. The molecule has 0 spiro atoms. The van der Waals surface area contributed by atoms with Gasteiger partial charge in [-0.2, -0.15) is 0 Å². The highest BCUT2D eigenvalue weighted by Crippen LogP contribution is 2.29. The van der Waals surface area contributed by atoms with Gasteiger partial charge in [0.25, 0.3) is 5.91 Å². The summed E-state index contributed by atoms with van der Waals surface area (Å²) in [5, 5.41) is 3.07. The monoisotopic (exact) mass is 386 g/mol. The summed E-state index contributed by atoms with van der Waals surface area (Å²) in [5.41, 5.74) is 1.77. The van der Waals surface area contributed by atoms with Crippen LogP contribution in [-0.2, 0) is 9.53 Å². The Labute approximate surface area is 153 Å². The second-order valence-electron chi connectivity index (χ2n) is 4.97. The summed E-state index contributed by atoms with van der Waals surface area (Å²) in [6.07, 6.45) is 0. The van der Waals surface area contributed by atoms with Crippen LogP contribution in [0.3, 0.4) is 0 Å². The summed E-state index contributed by atoms with van der Waals surface area (Å²) in [6.45, 7) is 2.98. The van der Waals surface area contributed by atoms with Crippen molar-refractivity contribution in [3.63, 3.8) is 0 Å². The van der Waals surface area contributed by atoms with Gasteiger partial charge in [-0.05, 0) is 37.6 Å². The van der Waals surface area contributed by atoms with Gasteiger partial charge >= 0.3 is 5.97 Å². The van der Waals surface area contributed by atoms with E-state index in [1.54, 1.807) is 38.1 Å². The third-order valence-electron chi connectivity index (χ3n) is 3.06. The number of hydrogen-bond donors (Lipinski definition) is 1. The summed E-state index contributed by atoms with van der Waals surface area (Å²) < 4.78 is 4.98. The van der Waals surface area contributed by atoms with Crippen molar-refractivity contribution < 1.29 is 14.3 Å². The standard InChI is InChI=1S/C16H13Cl3N2O3/c1-8-6-9(2)20-15(19)13(8)16(23)24-7-12(22)21-11-5-3-4-10(17)14(11)18/h3-6H,7H2,1-2H3,(H,21,22). The summed E-state index contributed by atoms with van der Waals surface area (Å²) in [7, 11) is 0. The van der Waals surface area contributed by atoms with Crippen LogP contribution in [0.1, 0.15) is 21.6 Å². The molecule has 1 aromatic heterocycles. The van der Waals surface area contributed by atoms with Crippen molar-refractivity contribution in [1.82, 2.24) is 4.98 Å². The number of aryl methyl sites for hydroxylation is 2. The van der Waals surface area contributed by atoms with Gasteiger partial charge in [0.1, 0.15) is 5.15 Å². The molecule has 126 valence electrons. The zero-order valence-electron chi connectivity index (χ0n) is 12.8. The van der Waals surface area contributed by atoms with Crippen molar-refractivity contribution in [1.29, 1.82) is 0 Å². The Morgan fingerprint density at radius 1 is 1.21 bits per heavy atom. The molecule has 24 heavy (non-hydrogen) atoms. The van der Waals surface area contributed by atoms with Crippen molar-refractivity contribution in [2.24, 2.45) is 0 Å². The lowest BCUT2D eigenvalue weighted by atomic mass is 10.1. The van der Waals surface area contributed by atoms with E-state index in [-0.39, 0.29) is 15.7 Å². The lowest BCUT2D eigenvalue weighted by Gasteiger charge is -2.10. The molecule has 0 saturated carbocycles. The van der Waals surface area contributed by atoms with E-state index >= 15 is 0 Å². The Bertz CT molecular complexity index is 786. The molecule has 0 fully saturated rings. The van der Waals surface area contributed by atoms with E-state index in [1.165, 1.54) is 0 Å². The number of halogens is 3. The topological polar surface area (TPSA) is 68.3 Å². The molecule has 0 unspecified atom stereocenters. The third-order valence-corrected chi connectivity index (χ3v) is 4.16. The first-order chi connectivity index (χ1) is 11.3. The Kier molecular flexibility index (Phi) is 6.04. The van der Waals surface area contributed by atoms with E-state index in [2.05, 4.69) is 10.3 Å². The van der Waals surface area contributed by atoms with Crippen molar-refractivity contribution >= 4 is 52.4 Å². The number of aromatic nitrogens is 1. The molecule has 8 heteroatoms. The van der Waals surface area contributed by atoms with E-state index in [1.807, 2.05) is 0 Å². The highest BCUT2D eigenvalue weighted by molar-refractivity contribution is 6.44. The summed E-state index contributed by atoms with van der Waals surface area (Å²) in [6, 6.07) is 6.51. The van der Waals surface area contributed by atoms with E-state index in [4.69, 9.17) is 39.5 Å². The molecule has 2 rings (SSSR count). The molecule has 0 saturated heterocycles. The van der Waals surface area contributed by atoms with Gasteiger partial charge in [0, 0.05) is 5.69 Å². The summed E-state index contributed by atoms with van der Waals surface area (Å²) in [4.78, 5) is 28.0. The number of carbonyl (C=O) groups excluding carboxylic acids is 2. The zero-order chi connectivity index (χ0) is 17.9. The Hall–Kier alpha value is -1.82. The van der Waals surface area contributed by atoms with Gasteiger partial charge in [-0.1, -0.05) is 40.9 Å². The van der Waals surface area contributed by atoms with Gasteiger partial charge in [-0.3, -0.25) is 4.79 Å². The molecule has 5 nitrogen and oxygen atoms in total. The molecule has 0 aliphatic heterocycles. The molecule has 0 atom stereocenters. The first kappa shape index (κ1) is 18.5. The highest BCUT2D eigenvalue weighted by atomic mass is 35.5. The van der Waals surface area contributed by atoms with Gasteiger partial charge in [0.2, 0.25) is 0 Å². The molecule has 0 bridgehead atoms. The molecule has 1 amide bonds. The largest absolute Gasteiger partial charge is 0.452 e. The van der Waals surface area contributed by atoms with E-state index in [9.17, 15) is 9.59 Å². The minimum Gasteiger partial charge on any atom is -0.452 e. The number of hydrogen-bond acceptors (Lipinski definition) is 4. The number of amides is 1. The van der Waals surface area contributed by atoms with E-state index in [0.29, 0.717) is 22.0 Å². The van der Waals surface area contributed by atoms with Crippen LogP contribution >= 0.6 is 34.8 Å². The quantitative estimate of drug-likeness (QED) is 0.621. The number of carbonyl (C=O) groups is 2. The number of pyridine rings is 1.